The van der Waals surface area contributed by atoms with Crippen molar-refractivity contribution in [1.29, 1.82) is 0 Å². The van der Waals surface area contributed by atoms with Gasteiger partial charge in [-0.1, -0.05) is 76.2 Å². The Labute approximate surface area is 167 Å². The first-order chi connectivity index (χ1) is 13.3. The molecule has 1 heterocycles. The summed E-state index contributed by atoms with van der Waals surface area (Å²) in [6.45, 7) is 11.6. The van der Waals surface area contributed by atoms with E-state index >= 15 is 0 Å². The van der Waals surface area contributed by atoms with Crippen LogP contribution in [0, 0.1) is 0 Å². The van der Waals surface area contributed by atoms with Crippen molar-refractivity contribution >= 4 is 11.6 Å². The number of rotatable bonds is 3. The van der Waals surface area contributed by atoms with E-state index in [0.717, 1.165) is 5.56 Å². The van der Waals surface area contributed by atoms with Gasteiger partial charge >= 0.3 is 0 Å². The summed E-state index contributed by atoms with van der Waals surface area (Å²) in [7, 11) is 0. The van der Waals surface area contributed by atoms with Crippen LogP contribution in [-0.2, 0) is 10.8 Å². The van der Waals surface area contributed by atoms with E-state index in [1.165, 1.54) is 40.7 Å². The van der Waals surface area contributed by atoms with Crippen LogP contribution >= 0.6 is 0 Å². The number of aromatic nitrogens is 4. The number of hydrogen-bond donors (Lipinski definition) is 1. The number of hydrogen-bond acceptors (Lipinski definition) is 3. The van der Waals surface area contributed by atoms with Crippen molar-refractivity contribution in [2.24, 2.45) is 0 Å². The van der Waals surface area contributed by atoms with Gasteiger partial charge in [-0.2, -0.15) is 5.21 Å². The molecule has 3 aromatic rings. The van der Waals surface area contributed by atoms with Crippen molar-refractivity contribution in [1.82, 2.24) is 20.6 Å². The van der Waals surface area contributed by atoms with Gasteiger partial charge in [0.15, 0.2) is 0 Å². The predicted octanol–water partition coefficient (Wildman–Crippen LogP) is 5.78. The number of tetrazole rings is 1. The van der Waals surface area contributed by atoms with Gasteiger partial charge in [-0.3, -0.25) is 0 Å². The van der Waals surface area contributed by atoms with Gasteiger partial charge in [-0.25, -0.2) is 0 Å². The van der Waals surface area contributed by atoms with Gasteiger partial charge < -0.3 is 0 Å². The first kappa shape index (κ1) is 18.6. The standard InChI is InChI=1S/C24H28N4/c1-16(18-7-9-19(10-8-18)22-25-27-28-26-22)14-17-6-11-20-21(15-17)24(4,5)13-12-23(20,2)3/h6-11,14-15H,12-13H2,1-5H3,(H,25,26,27,28)/b16-14-. The molecule has 0 saturated heterocycles. The van der Waals surface area contributed by atoms with Crippen LogP contribution in [0.5, 0.6) is 0 Å². The summed E-state index contributed by atoms with van der Waals surface area (Å²) >= 11 is 0. The van der Waals surface area contributed by atoms with Crippen LogP contribution in [0.3, 0.4) is 0 Å². The maximum absolute atomic E-state index is 4.03. The zero-order chi connectivity index (χ0) is 19.9. The smallest absolute Gasteiger partial charge is 0.177 e. The Kier molecular flexibility index (Phi) is 4.45. The fourth-order valence-corrected chi connectivity index (χ4v) is 4.20. The molecule has 2 aromatic carbocycles. The van der Waals surface area contributed by atoms with E-state index in [1.807, 2.05) is 12.1 Å². The number of benzene rings is 2. The third-order valence-corrected chi connectivity index (χ3v) is 6.20. The second-order valence-corrected chi connectivity index (χ2v) is 9.21. The topological polar surface area (TPSA) is 54.5 Å². The summed E-state index contributed by atoms with van der Waals surface area (Å²) in [5.74, 6) is 0.618. The Bertz CT molecular complexity index is 1010. The van der Waals surface area contributed by atoms with Gasteiger partial charge in [-0.15, -0.1) is 10.2 Å². The third kappa shape index (κ3) is 3.39. The number of allylic oxidation sites excluding steroid dienone is 1. The molecule has 0 spiro atoms. The van der Waals surface area contributed by atoms with Gasteiger partial charge in [0.05, 0.1) is 0 Å². The van der Waals surface area contributed by atoms with E-state index in [4.69, 9.17) is 0 Å². The lowest BCUT2D eigenvalue weighted by Crippen LogP contribution is -2.33. The van der Waals surface area contributed by atoms with Crippen LogP contribution in [0.1, 0.15) is 69.7 Å². The second-order valence-electron chi connectivity index (χ2n) is 9.21. The Balaban J connectivity index is 1.65. The summed E-state index contributed by atoms with van der Waals surface area (Å²) in [6.07, 6.45) is 4.76. The second kappa shape index (κ2) is 6.69. The largest absolute Gasteiger partial charge is 0.204 e. The van der Waals surface area contributed by atoms with Crippen molar-refractivity contribution in [2.75, 3.05) is 0 Å². The third-order valence-electron chi connectivity index (χ3n) is 6.20. The molecule has 1 aliphatic rings. The number of nitrogens with zero attached hydrogens (tertiary/aromatic N) is 3. The van der Waals surface area contributed by atoms with Gasteiger partial charge in [0, 0.05) is 5.56 Å². The summed E-state index contributed by atoms with van der Waals surface area (Å²) in [6, 6.07) is 15.3. The highest BCUT2D eigenvalue weighted by atomic mass is 15.5. The summed E-state index contributed by atoms with van der Waals surface area (Å²) in [4.78, 5) is 0. The van der Waals surface area contributed by atoms with E-state index in [-0.39, 0.29) is 10.8 Å². The van der Waals surface area contributed by atoms with Crippen LogP contribution in [-0.4, -0.2) is 20.6 Å². The monoisotopic (exact) mass is 372 g/mol. The Hall–Kier alpha value is -2.75. The van der Waals surface area contributed by atoms with Crippen molar-refractivity contribution < 1.29 is 0 Å². The SMILES string of the molecule is C/C(=C/c1ccc2c(c1)C(C)(C)CCC2(C)C)c1ccc(-c2nn[nH]n2)cc1. The molecule has 0 amide bonds. The average molecular weight is 373 g/mol. The molecule has 1 aliphatic carbocycles. The number of fused-ring (bicyclic) bond motifs is 1. The van der Waals surface area contributed by atoms with Crippen molar-refractivity contribution in [3.63, 3.8) is 0 Å². The summed E-state index contributed by atoms with van der Waals surface area (Å²) in [5, 5.41) is 14.2. The lowest BCUT2D eigenvalue weighted by molar-refractivity contribution is 0.332. The molecule has 0 aliphatic heterocycles. The molecule has 28 heavy (non-hydrogen) atoms. The lowest BCUT2D eigenvalue weighted by Gasteiger charge is -2.42. The van der Waals surface area contributed by atoms with Crippen LogP contribution < -0.4 is 0 Å². The molecule has 4 heteroatoms. The number of nitrogens with one attached hydrogen (secondary N) is 1. The molecule has 0 bridgehead atoms. The lowest BCUT2D eigenvalue weighted by atomic mass is 9.63. The Morgan fingerprint density at radius 2 is 1.61 bits per heavy atom. The average Bonchev–Trinajstić information content (AvgIpc) is 3.20. The van der Waals surface area contributed by atoms with E-state index in [2.05, 4.69) is 91.7 Å². The molecule has 0 saturated carbocycles. The highest BCUT2D eigenvalue weighted by molar-refractivity contribution is 5.81. The molecule has 4 rings (SSSR count). The molecular weight excluding hydrogens is 344 g/mol. The molecule has 0 atom stereocenters. The van der Waals surface area contributed by atoms with Gasteiger partial charge in [0.25, 0.3) is 0 Å². The molecule has 4 nitrogen and oxygen atoms in total. The quantitative estimate of drug-likeness (QED) is 0.593. The molecular formula is C24H28N4. The van der Waals surface area contributed by atoms with Crippen LogP contribution in [0.15, 0.2) is 42.5 Å². The van der Waals surface area contributed by atoms with Crippen LogP contribution in [0.2, 0.25) is 0 Å². The molecule has 0 radical (unpaired) electrons. The summed E-state index contributed by atoms with van der Waals surface area (Å²) < 4.78 is 0. The number of aromatic amines is 1. The molecule has 1 aromatic heterocycles. The van der Waals surface area contributed by atoms with E-state index in [1.54, 1.807) is 0 Å². The molecule has 0 fully saturated rings. The van der Waals surface area contributed by atoms with E-state index in [0.29, 0.717) is 5.82 Å². The first-order valence-corrected chi connectivity index (χ1v) is 9.94. The van der Waals surface area contributed by atoms with Crippen LogP contribution in [0.4, 0.5) is 0 Å². The minimum Gasteiger partial charge on any atom is -0.177 e. The van der Waals surface area contributed by atoms with Crippen molar-refractivity contribution in [3.05, 3.63) is 64.7 Å². The van der Waals surface area contributed by atoms with Crippen LogP contribution in [0.25, 0.3) is 23.0 Å². The number of H-pyrrole nitrogens is 1. The highest BCUT2D eigenvalue weighted by Gasteiger charge is 2.36. The maximum Gasteiger partial charge on any atom is 0.204 e. The molecule has 1 N–H and O–H groups in total. The normalized spacial score (nSPS) is 18.0. The predicted molar refractivity (Wildman–Crippen MR) is 115 cm³/mol. The first-order valence-electron chi connectivity index (χ1n) is 9.94. The zero-order valence-corrected chi connectivity index (χ0v) is 17.4. The Morgan fingerprint density at radius 1 is 0.929 bits per heavy atom. The van der Waals surface area contributed by atoms with Gasteiger partial charge in [0.2, 0.25) is 5.82 Å². The molecule has 0 unspecified atom stereocenters. The van der Waals surface area contributed by atoms with Crippen molar-refractivity contribution in [3.8, 4) is 11.4 Å². The van der Waals surface area contributed by atoms with Gasteiger partial charge in [0.1, 0.15) is 0 Å². The van der Waals surface area contributed by atoms with E-state index in [9.17, 15) is 0 Å². The van der Waals surface area contributed by atoms with E-state index < -0.39 is 0 Å². The minimum atomic E-state index is 0.231. The van der Waals surface area contributed by atoms with Gasteiger partial charge in [-0.05, 0) is 63.6 Å². The summed E-state index contributed by atoms with van der Waals surface area (Å²) in [5.41, 5.74) is 8.16. The fourth-order valence-electron chi connectivity index (χ4n) is 4.20. The maximum atomic E-state index is 4.03. The minimum absolute atomic E-state index is 0.231. The highest BCUT2D eigenvalue weighted by Crippen LogP contribution is 2.46. The molecule has 144 valence electrons. The Morgan fingerprint density at radius 3 is 2.25 bits per heavy atom. The van der Waals surface area contributed by atoms with Crippen molar-refractivity contribution in [2.45, 2.75) is 58.3 Å². The fraction of sp³-hybridized carbons (Fsp3) is 0.375. The zero-order valence-electron chi connectivity index (χ0n) is 17.4.